The lowest BCUT2D eigenvalue weighted by Crippen LogP contribution is -2.04. The largest absolute Gasteiger partial charge is 0.383 e. The van der Waals surface area contributed by atoms with Gasteiger partial charge in [-0.1, -0.05) is 23.2 Å². The van der Waals surface area contributed by atoms with Crippen molar-refractivity contribution in [1.82, 2.24) is 9.97 Å². The highest BCUT2D eigenvalue weighted by Crippen LogP contribution is 2.40. The van der Waals surface area contributed by atoms with Crippen LogP contribution < -0.4 is 5.73 Å². The summed E-state index contributed by atoms with van der Waals surface area (Å²) in [4.78, 5) is 9.00. The number of anilines is 1. The number of hydrogen-bond acceptors (Lipinski definition) is 3. The molecule has 0 aliphatic heterocycles. The third kappa shape index (κ3) is 2.40. The van der Waals surface area contributed by atoms with Crippen LogP contribution in [0.2, 0.25) is 10.0 Å². The van der Waals surface area contributed by atoms with Gasteiger partial charge in [0.05, 0.1) is 10.7 Å². The van der Waals surface area contributed by atoms with Gasteiger partial charge in [-0.25, -0.2) is 9.97 Å². The highest BCUT2D eigenvalue weighted by atomic mass is 35.5. The molecule has 0 radical (unpaired) electrons. The topological polar surface area (TPSA) is 51.8 Å². The number of aromatic nitrogens is 2. The zero-order valence-corrected chi connectivity index (χ0v) is 12.0. The maximum absolute atomic E-state index is 6.24. The molecule has 2 aromatic rings. The molecule has 0 atom stereocenters. The fourth-order valence-corrected chi connectivity index (χ4v) is 2.40. The van der Waals surface area contributed by atoms with Crippen LogP contribution >= 0.6 is 23.2 Å². The van der Waals surface area contributed by atoms with Crippen LogP contribution in [-0.4, -0.2) is 9.97 Å². The summed E-state index contributed by atoms with van der Waals surface area (Å²) >= 11 is 12.3. The molecule has 98 valence electrons. The molecule has 3 rings (SSSR count). The highest BCUT2D eigenvalue weighted by molar-refractivity contribution is 6.35. The van der Waals surface area contributed by atoms with E-state index < -0.39 is 0 Å². The number of hydrogen-bond donors (Lipinski definition) is 1. The Bertz CT molecular complexity index is 651. The van der Waals surface area contributed by atoms with Crippen LogP contribution in [0.4, 0.5) is 5.82 Å². The smallest absolute Gasteiger partial charge is 0.134 e. The number of nitrogen functional groups attached to an aromatic ring is 1. The number of nitrogens with two attached hydrogens (primary N) is 1. The van der Waals surface area contributed by atoms with Crippen molar-refractivity contribution in [3.63, 3.8) is 0 Å². The Balaban J connectivity index is 2.20. The van der Waals surface area contributed by atoms with Crippen LogP contribution in [0.3, 0.4) is 0 Å². The van der Waals surface area contributed by atoms with Gasteiger partial charge >= 0.3 is 0 Å². The lowest BCUT2D eigenvalue weighted by molar-refractivity contribution is 0.928. The second-order valence-corrected chi connectivity index (χ2v) is 5.68. The van der Waals surface area contributed by atoms with E-state index in [4.69, 9.17) is 28.9 Å². The number of benzene rings is 1. The molecule has 0 spiro atoms. The van der Waals surface area contributed by atoms with Gasteiger partial charge in [0.15, 0.2) is 0 Å². The molecule has 0 bridgehead atoms. The van der Waals surface area contributed by atoms with Crippen molar-refractivity contribution in [3.05, 3.63) is 39.6 Å². The van der Waals surface area contributed by atoms with E-state index in [9.17, 15) is 0 Å². The summed E-state index contributed by atoms with van der Waals surface area (Å²) in [5, 5.41) is 1.25. The number of nitrogens with zero attached hydrogens (tertiary/aromatic N) is 2. The van der Waals surface area contributed by atoms with Gasteiger partial charge in [0.25, 0.3) is 0 Å². The van der Waals surface area contributed by atoms with Gasteiger partial charge in [-0.2, -0.15) is 0 Å². The van der Waals surface area contributed by atoms with Gasteiger partial charge in [-0.15, -0.1) is 0 Å². The normalized spacial score (nSPS) is 14.7. The quantitative estimate of drug-likeness (QED) is 0.902. The molecule has 19 heavy (non-hydrogen) atoms. The molecule has 1 aromatic carbocycles. The fourth-order valence-electron chi connectivity index (χ4n) is 2.02. The van der Waals surface area contributed by atoms with Crippen LogP contribution in [-0.2, 0) is 0 Å². The van der Waals surface area contributed by atoms with E-state index in [0.717, 1.165) is 35.5 Å². The summed E-state index contributed by atoms with van der Waals surface area (Å²) in [5.41, 5.74) is 8.41. The lowest BCUT2D eigenvalue weighted by Gasteiger charge is -2.11. The molecule has 1 fully saturated rings. The minimum atomic E-state index is 0.444. The molecule has 1 aromatic heterocycles. The average Bonchev–Trinajstić information content (AvgIpc) is 3.20. The Kier molecular flexibility index (Phi) is 3.11. The van der Waals surface area contributed by atoms with Crippen LogP contribution in [0.5, 0.6) is 0 Å². The Morgan fingerprint density at radius 1 is 1.21 bits per heavy atom. The van der Waals surface area contributed by atoms with Gasteiger partial charge in [-0.05, 0) is 38.0 Å². The van der Waals surface area contributed by atoms with Gasteiger partial charge in [0.2, 0.25) is 0 Å². The molecule has 1 saturated carbocycles. The molecule has 5 heteroatoms. The predicted molar refractivity (Wildman–Crippen MR) is 78.6 cm³/mol. The van der Waals surface area contributed by atoms with Gasteiger partial charge in [-0.3, -0.25) is 0 Å². The first-order valence-corrected chi connectivity index (χ1v) is 6.91. The van der Waals surface area contributed by atoms with Gasteiger partial charge in [0.1, 0.15) is 11.6 Å². The Morgan fingerprint density at radius 2 is 1.95 bits per heavy atom. The molecule has 2 N–H and O–H groups in total. The number of rotatable bonds is 2. The molecule has 0 unspecified atom stereocenters. The van der Waals surface area contributed by atoms with E-state index in [1.54, 1.807) is 12.1 Å². The van der Waals surface area contributed by atoms with Crippen molar-refractivity contribution >= 4 is 29.0 Å². The zero-order chi connectivity index (χ0) is 13.6. The summed E-state index contributed by atoms with van der Waals surface area (Å²) in [6.45, 7) is 1.90. The van der Waals surface area contributed by atoms with Crippen molar-refractivity contribution in [3.8, 4) is 11.3 Å². The SMILES string of the molecule is Cc1c(N)nc(C2CC2)nc1-c1cc(Cl)ccc1Cl. The highest BCUT2D eigenvalue weighted by Gasteiger charge is 2.28. The molecular formula is C14H13Cl2N3. The first kappa shape index (κ1) is 12.7. The second-order valence-electron chi connectivity index (χ2n) is 4.84. The van der Waals surface area contributed by atoms with Crippen LogP contribution in [0.15, 0.2) is 18.2 Å². The predicted octanol–water partition coefficient (Wildman–Crippen LogP) is 4.22. The standard InChI is InChI=1S/C14H13Cl2N3/c1-7-12(10-6-9(15)4-5-11(10)16)18-14(8-2-3-8)19-13(7)17/h4-6,8H,2-3H2,1H3,(H2,17,18,19). The van der Waals surface area contributed by atoms with E-state index >= 15 is 0 Å². The number of halogens is 2. The van der Waals surface area contributed by atoms with Crippen LogP contribution in [0, 0.1) is 6.92 Å². The zero-order valence-electron chi connectivity index (χ0n) is 10.5. The fraction of sp³-hybridized carbons (Fsp3) is 0.286. The summed E-state index contributed by atoms with van der Waals surface area (Å²) in [7, 11) is 0. The summed E-state index contributed by atoms with van der Waals surface area (Å²) in [6.07, 6.45) is 2.26. The molecule has 1 heterocycles. The average molecular weight is 294 g/mol. The summed E-state index contributed by atoms with van der Waals surface area (Å²) < 4.78 is 0. The molecule has 1 aliphatic carbocycles. The van der Waals surface area contributed by atoms with Crippen molar-refractivity contribution < 1.29 is 0 Å². The van der Waals surface area contributed by atoms with Crippen molar-refractivity contribution in [2.75, 3.05) is 5.73 Å². The monoisotopic (exact) mass is 293 g/mol. The molecular weight excluding hydrogens is 281 g/mol. The molecule has 0 amide bonds. The van der Waals surface area contributed by atoms with Gasteiger partial charge < -0.3 is 5.73 Å². The van der Waals surface area contributed by atoms with Crippen molar-refractivity contribution in [2.24, 2.45) is 0 Å². The molecule has 3 nitrogen and oxygen atoms in total. The van der Waals surface area contributed by atoms with E-state index in [-0.39, 0.29) is 0 Å². The molecule has 0 saturated heterocycles. The lowest BCUT2D eigenvalue weighted by atomic mass is 10.1. The minimum absolute atomic E-state index is 0.444. The summed E-state index contributed by atoms with van der Waals surface area (Å²) in [6, 6.07) is 5.35. The Hall–Kier alpha value is -1.32. The molecule has 1 aliphatic rings. The minimum Gasteiger partial charge on any atom is -0.383 e. The first-order valence-electron chi connectivity index (χ1n) is 6.15. The third-order valence-corrected chi connectivity index (χ3v) is 3.89. The maximum atomic E-state index is 6.24. The Labute approximate surface area is 121 Å². The van der Waals surface area contributed by atoms with E-state index in [1.165, 1.54) is 0 Å². The summed E-state index contributed by atoms with van der Waals surface area (Å²) in [5.74, 6) is 1.77. The van der Waals surface area contributed by atoms with Crippen LogP contribution in [0.25, 0.3) is 11.3 Å². The van der Waals surface area contributed by atoms with Crippen molar-refractivity contribution in [2.45, 2.75) is 25.7 Å². The van der Waals surface area contributed by atoms with Crippen LogP contribution in [0.1, 0.15) is 30.1 Å². The van der Waals surface area contributed by atoms with E-state index in [2.05, 4.69) is 9.97 Å². The Morgan fingerprint density at radius 3 is 2.63 bits per heavy atom. The van der Waals surface area contributed by atoms with Crippen molar-refractivity contribution in [1.29, 1.82) is 0 Å². The van der Waals surface area contributed by atoms with E-state index in [0.29, 0.717) is 21.8 Å². The second kappa shape index (κ2) is 4.66. The maximum Gasteiger partial charge on any atom is 0.134 e. The van der Waals surface area contributed by atoms with Gasteiger partial charge in [0, 0.05) is 22.1 Å². The van der Waals surface area contributed by atoms with E-state index in [1.807, 2.05) is 13.0 Å². The third-order valence-electron chi connectivity index (χ3n) is 3.33. The first-order chi connectivity index (χ1) is 9.06.